The number of carbonyl (C=O) groups is 1. The van der Waals surface area contributed by atoms with E-state index < -0.39 is 9.15 Å². The van der Waals surface area contributed by atoms with Crippen LogP contribution in [0.3, 0.4) is 0 Å². The van der Waals surface area contributed by atoms with Crippen molar-refractivity contribution in [3.63, 3.8) is 0 Å². The first-order valence-electron chi connectivity index (χ1n) is 1.90. The van der Waals surface area contributed by atoms with Gasteiger partial charge >= 0.3 is 38.7 Å². The number of ketones is 1. The van der Waals surface area contributed by atoms with Gasteiger partial charge in [0.2, 0.25) is 0 Å². The van der Waals surface area contributed by atoms with Crippen molar-refractivity contribution in [3.8, 4) is 0 Å². The van der Waals surface area contributed by atoms with Gasteiger partial charge in [-0.15, -0.1) is 0 Å². The molecular weight excluding hydrogens is 187 g/mol. The van der Waals surface area contributed by atoms with Crippen molar-refractivity contribution in [1.82, 2.24) is 0 Å². The van der Waals surface area contributed by atoms with Gasteiger partial charge in [-0.05, 0) is 25.5 Å². The molecule has 58 valence electrons. The number of carbonyl (C=O) groups excluding carboxylic acids is 1. The quantitative estimate of drug-likeness (QED) is 0.241. The Kier molecular flexibility index (Phi) is 13.8. The Balaban J connectivity index is -0.0000000910. The summed E-state index contributed by atoms with van der Waals surface area (Å²) in [6, 6.07) is 0. The molecule has 0 aliphatic rings. The van der Waals surface area contributed by atoms with Gasteiger partial charge in [-0.25, -0.2) is 0 Å². The number of rotatable bonds is 0. The van der Waals surface area contributed by atoms with Crippen molar-refractivity contribution in [2.45, 2.75) is 13.8 Å². The molecule has 0 spiro atoms. The van der Waals surface area contributed by atoms with E-state index in [0.29, 0.717) is 0 Å². The van der Waals surface area contributed by atoms with Gasteiger partial charge in [0.05, 0.1) is 0 Å². The molecule has 0 bridgehead atoms. The monoisotopic (exact) mass is 196 g/mol. The Bertz CT molecular complexity index is 161. The van der Waals surface area contributed by atoms with Crippen molar-refractivity contribution in [1.29, 1.82) is 0 Å². The fraction of sp³-hybridized carbons (Fsp3) is 0.667. The average molecular weight is 196 g/mol. The Morgan fingerprint density at radius 3 is 1.40 bits per heavy atom. The van der Waals surface area contributed by atoms with Gasteiger partial charge < -0.3 is 4.79 Å². The van der Waals surface area contributed by atoms with E-state index in [1.807, 2.05) is 0 Å². The minimum atomic E-state index is -3.97. The zero-order chi connectivity index (χ0) is 8.08. The van der Waals surface area contributed by atoms with Crippen molar-refractivity contribution in [3.05, 3.63) is 0 Å². The maximum absolute atomic E-state index is 9.44. The van der Waals surface area contributed by atoms with Gasteiger partial charge in [-0.2, -0.15) is 8.42 Å². The first-order chi connectivity index (χ1) is 3.73. The molecule has 0 radical (unpaired) electrons. The third kappa shape index (κ3) is 649. The molecule has 0 aromatic rings. The van der Waals surface area contributed by atoms with Crippen molar-refractivity contribution < 1.29 is 17.8 Å². The van der Waals surface area contributed by atoms with Crippen molar-refractivity contribution >= 4 is 56.2 Å². The van der Waals surface area contributed by atoms with E-state index in [1.165, 1.54) is 13.8 Å². The first kappa shape index (κ1) is 17.1. The molecule has 0 saturated heterocycles. The predicted molar refractivity (Wildman–Crippen MR) is 44.0 cm³/mol. The summed E-state index contributed by atoms with van der Waals surface area (Å²) >= 11 is 2.65. The molecule has 7 heteroatoms. The van der Waals surface area contributed by atoms with Gasteiger partial charge in [0, 0.05) is 0 Å². The van der Waals surface area contributed by atoms with Crippen LogP contribution in [-0.4, -0.2) is 48.3 Å². The summed E-state index contributed by atoms with van der Waals surface area (Å²) in [5, 5.41) is 0. The van der Waals surface area contributed by atoms with Crippen LogP contribution in [0.15, 0.2) is 0 Å². The maximum atomic E-state index is 9.44. The van der Waals surface area contributed by atoms with Crippen LogP contribution < -0.4 is 0 Å². The van der Waals surface area contributed by atoms with Crippen molar-refractivity contribution in [2.24, 2.45) is 0 Å². The van der Waals surface area contributed by atoms with E-state index in [4.69, 9.17) is 13.0 Å². The SMILES string of the molecule is CC(C)=O.O=S(=O)(O)S.[NaH]. The van der Waals surface area contributed by atoms with Crippen LogP contribution >= 0.6 is 11.7 Å². The fourth-order valence-corrected chi connectivity index (χ4v) is 0. The van der Waals surface area contributed by atoms with E-state index >= 15 is 0 Å². The number of Topliss-reactive ketones (excluding diaryl/α,β-unsaturated/α-hetero) is 1. The molecule has 0 amide bonds. The van der Waals surface area contributed by atoms with E-state index in [1.54, 1.807) is 0 Å². The Morgan fingerprint density at radius 2 is 1.40 bits per heavy atom. The molecule has 1 N–H and O–H groups in total. The molecule has 0 rings (SSSR count). The third-order valence-corrected chi connectivity index (χ3v) is 0. The summed E-state index contributed by atoms with van der Waals surface area (Å²) in [5.74, 6) is 0.167. The van der Waals surface area contributed by atoms with Gasteiger partial charge in [0.1, 0.15) is 5.78 Å². The fourth-order valence-electron chi connectivity index (χ4n) is 0. The summed E-state index contributed by atoms with van der Waals surface area (Å²) in [7, 11) is -3.97. The molecule has 0 heterocycles. The number of hydrogen-bond donors (Lipinski definition) is 2. The van der Waals surface area contributed by atoms with Gasteiger partial charge in [-0.1, -0.05) is 0 Å². The summed E-state index contributed by atoms with van der Waals surface area (Å²) < 4.78 is 25.5. The van der Waals surface area contributed by atoms with Crippen LogP contribution in [0.1, 0.15) is 13.8 Å². The Labute approximate surface area is 87.2 Å². The van der Waals surface area contributed by atoms with E-state index in [-0.39, 0.29) is 35.3 Å². The van der Waals surface area contributed by atoms with E-state index in [9.17, 15) is 4.79 Å². The normalized spacial score (nSPS) is 8.40. The van der Waals surface area contributed by atoms with Crippen LogP contribution in [0.2, 0.25) is 0 Å². The zero-order valence-electron chi connectivity index (χ0n) is 5.03. The number of hydrogen-bond acceptors (Lipinski definition) is 3. The van der Waals surface area contributed by atoms with E-state index in [0.717, 1.165) is 0 Å². The molecule has 0 aromatic carbocycles. The van der Waals surface area contributed by atoms with Crippen LogP contribution in [0.25, 0.3) is 0 Å². The van der Waals surface area contributed by atoms with Gasteiger partial charge in [-0.3, -0.25) is 4.55 Å². The third-order valence-electron chi connectivity index (χ3n) is 0. The predicted octanol–water partition coefficient (Wildman–Crippen LogP) is -0.334. The Hall–Kier alpha value is 0.930. The van der Waals surface area contributed by atoms with E-state index in [2.05, 4.69) is 11.7 Å². The molecule has 4 nitrogen and oxygen atoms in total. The molecule has 0 aromatic heterocycles. The summed E-state index contributed by atoms with van der Waals surface area (Å²) in [6.07, 6.45) is 0. The van der Waals surface area contributed by atoms with Gasteiger partial charge in [0.15, 0.2) is 0 Å². The Morgan fingerprint density at radius 1 is 1.40 bits per heavy atom. The van der Waals surface area contributed by atoms with Crippen LogP contribution in [-0.2, 0) is 13.9 Å². The molecule has 0 atom stereocenters. The van der Waals surface area contributed by atoms with Crippen LogP contribution in [0, 0.1) is 0 Å². The molecule has 0 aliphatic heterocycles. The minimum absolute atomic E-state index is 0. The second-order valence-electron chi connectivity index (χ2n) is 1.36. The molecular formula is C3H9NaO4S2. The summed E-state index contributed by atoms with van der Waals surface area (Å²) in [6.45, 7) is 3.06. The molecule has 0 fully saturated rings. The summed E-state index contributed by atoms with van der Waals surface area (Å²) in [5.41, 5.74) is 0. The zero-order valence-corrected chi connectivity index (χ0v) is 6.74. The molecule has 10 heavy (non-hydrogen) atoms. The van der Waals surface area contributed by atoms with Gasteiger partial charge in [0.25, 0.3) is 0 Å². The molecule has 0 unspecified atom stereocenters. The first-order valence-corrected chi connectivity index (χ1v) is 4.40. The molecule has 0 aliphatic carbocycles. The second kappa shape index (κ2) is 8.03. The average Bonchev–Trinajstić information content (AvgIpc) is 1.19. The summed E-state index contributed by atoms with van der Waals surface area (Å²) in [4.78, 5) is 9.44. The van der Waals surface area contributed by atoms with Crippen LogP contribution in [0.4, 0.5) is 0 Å². The topological polar surface area (TPSA) is 71.4 Å². The number of thiol groups is 1. The van der Waals surface area contributed by atoms with Crippen molar-refractivity contribution in [2.75, 3.05) is 0 Å². The van der Waals surface area contributed by atoms with Crippen LogP contribution in [0.5, 0.6) is 0 Å². The molecule has 0 saturated carbocycles. The standard InChI is InChI=1S/C3H6O.Na.H2O3S2.H/c1-3(2)4;;1-5(2,3)4;/h1-2H3;;(H2,1,2,3,4);. The second-order valence-corrected chi connectivity index (χ2v) is 3.64.